The number of rotatable bonds is 7. The fourth-order valence-corrected chi connectivity index (χ4v) is 2.12. The van der Waals surface area contributed by atoms with E-state index in [1.165, 1.54) is 6.42 Å². The third kappa shape index (κ3) is 9.61. The zero-order chi connectivity index (χ0) is 20.3. The lowest BCUT2D eigenvalue weighted by Crippen LogP contribution is -2.27. The van der Waals surface area contributed by atoms with Crippen molar-refractivity contribution in [2.75, 3.05) is 19.9 Å². The van der Waals surface area contributed by atoms with Gasteiger partial charge in [0.15, 0.2) is 0 Å². The molecule has 2 rings (SSSR count). The average molecular weight is 398 g/mol. The van der Waals surface area contributed by atoms with Crippen molar-refractivity contribution in [1.29, 1.82) is 0 Å². The van der Waals surface area contributed by atoms with E-state index in [0.717, 1.165) is 41.6 Å². The summed E-state index contributed by atoms with van der Waals surface area (Å²) < 4.78 is 31.1. The lowest BCUT2D eigenvalue weighted by atomic mass is 10.2. The standard InChI is InChI=1S/C16H23N5O.CH4O3S/c1-3-4-5-8-18-16(17)21-20-11-12-10-19-15-7-6-13(22-2)9-14(12)15;1-5(2,3)4/h6-7,9-11,19H,3-5,8H2,1-2H3,(H3,17,18,21);1H3,(H,2,3,4)/b20-11+;. The van der Waals surface area contributed by atoms with Crippen LogP contribution in [-0.2, 0) is 10.1 Å². The van der Waals surface area contributed by atoms with Crippen molar-refractivity contribution in [3.8, 4) is 5.75 Å². The van der Waals surface area contributed by atoms with Crippen LogP contribution >= 0.6 is 0 Å². The Labute approximate surface area is 159 Å². The van der Waals surface area contributed by atoms with Crippen LogP contribution in [0.15, 0.2) is 34.5 Å². The first-order chi connectivity index (χ1) is 12.7. The summed E-state index contributed by atoms with van der Waals surface area (Å²) in [6.07, 6.45) is 7.71. The van der Waals surface area contributed by atoms with Crippen LogP contribution in [0.3, 0.4) is 0 Å². The Morgan fingerprint density at radius 2 is 2.11 bits per heavy atom. The Balaban J connectivity index is 0.000000646. The third-order valence-corrected chi connectivity index (χ3v) is 3.35. The van der Waals surface area contributed by atoms with Gasteiger partial charge in [-0.1, -0.05) is 19.8 Å². The molecule has 27 heavy (non-hydrogen) atoms. The van der Waals surface area contributed by atoms with Gasteiger partial charge in [0.1, 0.15) is 5.75 Å². The zero-order valence-corrected chi connectivity index (χ0v) is 16.6. The number of aromatic nitrogens is 1. The van der Waals surface area contributed by atoms with Gasteiger partial charge in [-0.2, -0.15) is 13.5 Å². The van der Waals surface area contributed by atoms with Crippen LogP contribution in [0.25, 0.3) is 10.9 Å². The van der Waals surface area contributed by atoms with Gasteiger partial charge in [-0.25, -0.2) is 5.43 Å². The number of hydrogen-bond acceptors (Lipinski definition) is 5. The molecular weight excluding hydrogens is 370 g/mol. The molecule has 0 aliphatic rings. The summed E-state index contributed by atoms with van der Waals surface area (Å²) >= 11 is 0. The highest BCUT2D eigenvalue weighted by Crippen LogP contribution is 2.22. The number of unbranched alkanes of at least 4 members (excludes halogenated alkanes) is 2. The quantitative estimate of drug-likeness (QED) is 0.185. The molecule has 0 fully saturated rings. The number of methoxy groups -OCH3 is 1. The molecule has 0 radical (unpaired) electrons. The smallest absolute Gasteiger partial charge is 0.261 e. The van der Waals surface area contributed by atoms with Crippen LogP contribution in [0.4, 0.5) is 0 Å². The van der Waals surface area contributed by atoms with Crippen molar-refractivity contribution in [2.45, 2.75) is 26.2 Å². The highest BCUT2D eigenvalue weighted by Gasteiger charge is 2.03. The first kappa shape index (κ1) is 22.5. The Morgan fingerprint density at radius 1 is 1.41 bits per heavy atom. The Bertz CT molecular complexity index is 867. The molecule has 0 saturated heterocycles. The molecule has 1 aromatic carbocycles. The molecule has 0 aliphatic carbocycles. The number of H-pyrrole nitrogens is 1. The van der Waals surface area contributed by atoms with Crippen molar-refractivity contribution < 1.29 is 17.7 Å². The second kappa shape index (κ2) is 11.2. The average Bonchev–Trinajstić information content (AvgIpc) is 2.99. The number of aliphatic imine (C=N–C) groups is 1. The van der Waals surface area contributed by atoms with Crippen LogP contribution in [0.1, 0.15) is 31.7 Å². The molecule has 1 aromatic heterocycles. The summed E-state index contributed by atoms with van der Waals surface area (Å²) in [5.74, 6) is 1.15. The van der Waals surface area contributed by atoms with E-state index in [-0.39, 0.29) is 0 Å². The van der Waals surface area contributed by atoms with E-state index in [1.807, 2.05) is 24.4 Å². The normalized spacial score (nSPS) is 12.1. The van der Waals surface area contributed by atoms with Crippen molar-refractivity contribution in [3.63, 3.8) is 0 Å². The van der Waals surface area contributed by atoms with Gasteiger partial charge < -0.3 is 15.5 Å². The molecule has 0 atom stereocenters. The summed E-state index contributed by atoms with van der Waals surface area (Å²) in [6.45, 7) is 2.89. The summed E-state index contributed by atoms with van der Waals surface area (Å²) in [7, 11) is -2.02. The second-order valence-corrected chi connectivity index (χ2v) is 7.20. The molecule has 0 unspecified atom stereocenters. The minimum atomic E-state index is -3.67. The topological polar surface area (TPSA) is 142 Å². The molecule has 5 N–H and O–H groups in total. The lowest BCUT2D eigenvalue weighted by molar-refractivity contribution is 0.415. The number of fused-ring (bicyclic) bond motifs is 1. The summed E-state index contributed by atoms with van der Waals surface area (Å²) in [4.78, 5) is 7.40. The molecule has 0 bridgehead atoms. The number of nitrogens with one attached hydrogen (secondary N) is 2. The van der Waals surface area contributed by atoms with Gasteiger partial charge in [0, 0.05) is 29.2 Å². The molecule has 10 heteroatoms. The van der Waals surface area contributed by atoms with Crippen LogP contribution in [0, 0.1) is 0 Å². The molecule has 2 aromatic rings. The van der Waals surface area contributed by atoms with Gasteiger partial charge >= 0.3 is 0 Å². The van der Waals surface area contributed by atoms with Crippen molar-refractivity contribution in [3.05, 3.63) is 30.0 Å². The second-order valence-electron chi connectivity index (χ2n) is 5.73. The maximum atomic E-state index is 9.19. The van der Waals surface area contributed by atoms with Crippen LogP contribution in [-0.4, -0.2) is 50.0 Å². The predicted molar refractivity (Wildman–Crippen MR) is 109 cm³/mol. The molecule has 0 amide bonds. The molecular formula is C17H27N5O4S. The third-order valence-electron chi connectivity index (χ3n) is 3.35. The largest absolute Gasteiger partial charge is 0.497 e. The molecule has 0 saturated carbocycles. The van der Waals surface area contributed by atoms with Gasteiger partial charge in [-0.3, -0.25) is 9.55 Å². The highest BCUT2D eigenvalue weighted by atomic mass is 32.2. The van der Waals surface area contributed by atoms with Gasteiger partial charge in [-0.15, -0.1) is 0 Å². The fourth-order valence-electron chi connectivity index (χ4n) is 2.12. The van der Waals surface area contributed by atoms with Crippen LogP contribution in [0.5, 0.6) is 5.75 Å². The highest BCUT2D eigenvalue weighted by molar-refractivity contribution is 7.85. The lowest BCUT2D eigenvalue weighted by Gasteiger charge is -2.00. The first-order valence-electron chi connectivity index (χ1n) is 8.41. The maximum Gasteiger partial charge on any atom is 0.261 e. The van der Waals surface area contributed by atoms with E-state index >= 15 is 0 Å². The number of nitrogens with two attached hydrogens (primary N) is 1. The monoisotopic (exact) mass is 397 g/mol. The molecule has 0 aliphatic heterocycles. The van der Waals surface area contributed by atoms with Gasteiger partial charge in [0.05, 0.1) is 19.6 Å². The number of benzene rings is 1. The molecule has 1 heterocycles. The predicted octanol–water partition coefficient (Wildman–Crippen LogP) is 2.11. The van der Waals surface area contributed by atoms with Gasteiger partial charge in [0.2, 0.25) is 5.96 Å². The summed E-state index contributed by atoms with van der Waals surface area (Å²) in [5, 5.41) is 5.17. The first-order valence-corrected chi connectivity index (χ1v) is 10.3. The van der Waals surface area contributed by atoms with Gasteiger partial charge in [-0.05, 0) is 24.6 Å². The van der Waals surface area contributed by atoms with E-state index in [1.54, 1.807) is 13.3 Å². The van der Waals surface area contributed by atoms with Crippen molar-refractivity contribution in [2.24, 2.45) is 15.8 Å². The summed E-state index contributed by atoms with van der Waals surface area (Å²) in [5.41, 5.74) is 10.5. The molecule has 150 valence electrons. The van der Waals surface area contributed by atoms with E-state index < -0.39 is 10.1 Å². The number of hydrazone groups is 1. The van der Waals surface area contributed by atoms with Crippen molar-refractivity contribution in [1.82, 2.24) is 10.4 Å². The minimum absolute atomic E-state index is 0.338. The maximum absolute atomic E-state index is 9.19. The van der Waals surface area contributed by atoms with E-state index in [4.69, 9.17) is 15.0 Å². The molecule has 0 spiro atoms. The zero-order valence-electron chi connectivity index (χ0n) is 15.8. The number of guanidine groups is 1. The Kier molecular flexibility index (Phi) is 9.31. The van der Waals surface area contributed by atoms with Gasteiger partial charge in [0.25, 0.3) is 10.1 Å². The Hall–Kier alpha value is -2.59. The van der Waals surface area contributed by atoms with Crippen LogP contribution < -0.4 is 15.9 Å². The number of nitrogens with zero attached hydrogens (tertiary/aromatic N) is 2. The number of hydrogen-bond donors (Lipinski definition) is 4. The summed E-state index contributed by atoms with van der Waals surface area (Å²) in [6, 6.07) is 5.86. The number of ether oxygens (including phenoxy) is 1. The minimum Gasteiger partial charge on any atom is -0.497 e. The SMILES string of the molecule is CCCCCN=C(N)N/N=C/c1c[nH]c2ccc(OC)cc12.CS(=O)(=O)O. The fraction of sp³-hybridized carbons (Fsp3) is 0.412. The number of aromatic amines is 1. The van der Waals surface area contributed by atoms with Crippen LogP contribution in [0.2, 0.25) is 0 Å². The van der Waals surface area contributed by atoms with E-state index in [9.17, 15) is 8.42 Å². The van der Waals surface area contributed by atoms with Crippen molar-refractivity contribution >= 4 is 33.2 Å². The molecule has 9 nitrogen and oxygen atoms in total. The van der Waals surface area contributed by atoms with E-state index in [0.29, 0.717) is 12.2 Å². The Morgan fingerprint density at radius 3 is 2.74 bits per heavy atom. The van der Waals surface area contributed by atoms with E-state index in [2.05, 4.69) is 27.4 Å².